The van der Waals surface area contributed by atoms with Crippen molar-refractivity contribution < 1.29 is 4.79 Å². The lowest BCUT2D eigenvalue weighted by Crippen LogP contribution is -2.51. The fourth-order valence-electron chi connectivity index (χ4n) is 3.58. The number of piperidine rings is 1. The Hall–Kier alpha value is -0.610. The molecule has 0 unspecified atom stereocenters. The van der Waals surface area contributed by atoms with Crippen LogP contribution in [0.3, 0.4) is 0 Å². The highest BCUT2D eigenvalue weighted by Crippen LogP contribution is 2.25. The Morgan fingerprint density at radius 3 is 2.47 bits per heavy atom. The van der Waals surface area contributed by atoms with Crippen molar-refractivity contribution in [3.63, 3.8) is 0 Å². The Balaban J connectivity index is 1.80. The molecule has 2 N–H and O–H groups in total. The van der Waals surface area contributed by atoms with E-state index in [4.69, 9.17) is 5.73 Å². The average Bonchev–Trinajstić information content (AvgIpc) is 2.84. The van der Waals surface area contributed by atoms with E-state index in [-0.39, 0.29) is 11.9 Å². The number of likely N-dealkylation sites (tertiary alicyclic amines) is 2. The number of rotatable bonds is 4. The van der Waals surface area contributed by atoms with E-state index in [2.05, 4.69) is 18.7 Å². The van der Waals surface area contributed by atoms with Crippen LogP contribution in [0.2, 0.25) is 0 Å². The van der Waals surface area contributed by atoms with Crippen LogP contribution >= 0.6 is 0 Å². The van der Waals surface area contributed by atoms with Crippen molar-refractivity contribution >= 4 is 5.91 Å². The average molecular weight is 267 g/mol. The Labute approximate surface area is 117 Å². The van der Waals surface area contributed by atoms with E-state index in [1.165, 1.54) is 19.4 Å². The van der Waals surface area contributed by atoms with E-state index in [9.17, 15) is 4.79 Å². The Morgan fingerprint density at radius 1 is 1.26 bits per heavy atom. The van der Waals surface area contributed by atoms with Gasteiger partial charge in [0.25, 0.3) is 0 Å². The normalized spacial score (nSPS) is 27.7. The number of hydrogen-bond acceptors (Lipinski definition) is 3. The monoisotopic (exact) mass is 267 g/mol. The molecule has 0 bridgehead atoms. The molecule has 2 fully saturated rings. The summed E-state index contributed by atoms with van der Waals surface area (Å²) in [4.78, 5) is 16.8. The second-order valence-electron chi connectivity index (χ2n) is 6.18. The van der Waals surface area contributed by atoms with Gasteiger partial charge in [-0.3, -0.25) is 9.69 Å². The van der Waals surface area contributed by atoms with E-state index in [1.807, 2.05) is 4.90 Å². The quantitative estimate of drug-likeness (QED) is 0.841. The molecule has 2 aliphatic heterocycles. The fourth-order valence-corrected chi connectivity index (χ4v) is 3.58. The van der Waals surface area contributed by atoms with Gasteiger partial charge in [-0.25, -0.2) is 0 Å². The van der Waals surface area contributed by atoms with E-state index < -0.39 is 0 Å². The molecular weight excluding hydrogens is 238 g/mol. The molecule has 2 rings (SSSR count). The van der Waals surface area contributed by atoms with Gasteiger partial charge in [0.05, 0.1) is 6.04 Å². The first-order valence-corrected chi connectivity index (χ1v) is 7.93. The van der Waals surface area contributed by atoms with Gasteiger partial charge < -0.3 is 10.6 Å². The van der Waals surface area contributed by atoms with Crippen molar-refractivity contribution in [3.8, 4) is 0 Å². The molecule has 110 valence electrons. The van der Waals surface area contributed by atoms with Crippen molar-refractivity contribution in [1.82, 2.24) is 9.80 Å². The molecule has 0 radical (unpaired) electrons. The summed E-state index contributed by atoms with van der Waals surface area (Å²) in [6.45, 7) is 7.44. The molecule has 0 aliphatic carbocycles. The first kappa shape index (κ1) is 14.8. The second-order valence-corrected chi connectivity index (χ2v) is 6.18. The molecule has 0 aromatic rings. The number of nitrogens with zero attached hydrogens (tertiary/aromatic N) is 2. The van der Waals surface area contributed by atoms with Crippen LogP contribution in [0, 0.1) is 0 Å². The Kier molecular flexibility index (Phi) is 5.22. The molecule has 19 heavy (non-hydrogen) atoms. The fraction of sp³-hybridized carbons (Fsp3) is 0.933. The third kappa shape index (κ3) is 3.48. The number of carbonyl (C=O) groups excluding carboxylic acids is 1. The third-order valence-corrected chi connectivity index (χ3v) is 4.77. The SMILES string of the molecule is CCC[C@H](N)C(=O)N1CCC(N2CCC[C@@H]2C)CC1. The topological polar surface area (TPSA) is 49.6 Å². The summed E-state index contributed by atoms with van der Waals surface area (Å²) in [6.07, 6.45) is 6.70. The number of hydrogen-bond donors (Lipinski definition) is 1. The van der Waals surface area contributed by atoms with Gasteiger partial charge >= 0.3 is 0 Å². The summed E-state index contributed by atoms with van der Waals surface area (Å²) < 4.78 is 0. The number of amides is 1. The zero-order chi connectivity index (χ0) is 13.8. The predicted octanol–water partition coefficient (Wildman–Crippen LogP) is 1.59. The zero-order valence-electron chi connectivity index (χ0n) is 12.5. The van der Waals surface area contributed by atoms with Crippen molar-refractivity contribution in [1.29, 1.82) is 0 Å². The molecule has 4 heteroatoms. The van der Waals surface area contributed by atoms with Gasteiger partial charge in [0.1, 0.15) is 0 Å². The summed E-state index contributed by atoms with van der Waals surface area (Å²) in [5.74, 6) is 0.162. The third-order valence-electron chi connectivity index (χ3n) is 4.77. The Bertz CT molecular complexity index is 300. The van der Waals surface area contributed by atoms with Crippen LogP contribution in [0.1, 0.15) is 52.4 Å². The minimum atomic E-state index is -0.285. The van der Waals surface area contributed by atoms with Crippen LogP contribution in [0.4, 0.5) is 0 Å². The summed E-state index contributed by atoms with van der Waals surface area (Å²) in [5.41, 5.74) is 5.94. The van der Waals surface area contributed by atoms with Gasteiger partial charge in [0.15, 0.2) is 0 Å². The first-order chi connectivity index (χ1) is 9.13. The highest BCUT2D eigenvalue weighted by molar-refractivity contribution is 5.81. The van der Waals surface area contributed by atoms with E-state index >= 15 is 0 Å². The molecule has 0 aromatic carbocycles. The predicted molar refractivity (Wildman–Crippen MR) is 77.9 cm³/mol. The molecule has 2 heterocycles. The van der Waals surface area contributed by atoms with Crippen LogP contribution in [0.15, 0.2) is 0 Å². The lowest BCUT2D eigenvalue weighted by Gasteiger charge is -2.39. The summed E-state index contributed by atoms with van der Waals surface area (Å²) >= 11 is 0. The van der Waals surface area contributed by atoms with Crippen LogP contribution in [0.5, 0.6) is 0 Å². The molecule has 2 saturated heterocycles. The second kappa shape index (κ2) is 6.71. The maximum atomic E-state index is 12.2. The van der Waals surface area contributed by atoms with Gasteiger partial charge in [-0.1, -0.05) is 13.3 Å². The first-order valence-electron chi connectivity index (χ1n) is 7.93. The standard InChI is InChI=1S/C15H29N3O/c1-3-5-14(16)15(19)17-10-7-13(8-11-17)18-9-4-6-12(18)2/h12-14H,3-11,16H2,1-2H3/t12-,14-/m0/s1. The summed E-state index contributed by atoms with van der Waals surface area (Å²) in [7, 11) is 0. The molecule has 0 spiro atoms. The van der Waals surface area contributed by atoms with Gasteiger partial charge in [-0.15, -0.1) is 0 Å². The molecule has 0 aromatic heterocycles. The molecule has 2 atom stereocenters. The van der Waals surface area contributed by atoms with E-state index in [1.54, 1.807) is 0 Å². The smallest absolute Gasteiger partial charge is 0.239 e. The summed E-state index contributed by atoms with van der Waals surface area (Å²) in [6, 6.07) is 1.13. The molecule has 4 nitrogen and oxygen atoms in total. The highest BCUT2D eigenvalue weighted by Gasteiger charge is 2.32. The van der Waals surface area contributed by atoms with Crippen molar-refractivity contribution in [2.24, 2.45) is 5.73 Å². The van der Waals surface area contributed by atoms with Gasteiger partial charge in [0, 0.05) is 25.2 Å². The van der Waals surface area contributed by atoms with Gasteiger partial charge in [-0.2, -0.15) is 0 Å². The van der Waals surface area contributed by atoms with Crippen LogP contribution < -0.4 is 5.73 Å². The Morgan fingerprint density at radius 2 is 1.95 bits per heavy atom. The van der Waals surface area contributed by atoms with Crippen molar-refractivity contribution in [2.45, 2.75) is 70.5 Å². The molecule has 0 saturated carbocycles. The summed E-state index contributed by atoms with van der Waals surface area (Å²) in [5, 5.41) is 0. The minimum Gasteiger partial charge on any atom is -0.341 e. The molecular formula is C15H29N3O. The molecule has 1 amide bonds. The van der Waals surface area contributed by atoms with Crippen molar-refractivity contribution in [3.05, 3.63) is 0 Å². The minimum absolute atomic E-state index is 0.162. The lowest BCUT2D eigenvalue weighted by molar-refractivity contribution is -0.134. The maximum Gasteiger partial charge on any atom is 0.239 e. The van der Waals surface area contributed by atoms with Gasteiger partial charge in [-0.05, 0) is 45.6 Å². The zero-order valence-corrected chi connectivity index (χ0v) is 12.5. The maximum absolute atomic E-state index is 12.2. The molecule has 2 aliphatic rings. The van der Waals surface area contributed by atoms with Crippen molar-refractivity contribution in [2.75, 3.05) is 19.6 Å². The van der Waals surface area contributed by atoms with Crippen LogP contribution in [-0.2, 0) is 4.79 Å². The lowest BCUT2D eigenvalue weighted by atomic mass is 10.0. The highest BCUT2D eigenvalue weighted by atomic mass is 16.2. The van der Waals surface area contributed by atoms with E-state index in [0.717, 1.165) is 44.8 Å². The number of carbonyl (C=O) groups is 1. The van der Waals surface area contributed by atoms with E-state index in [0.29, 0.717) is 6.04 Å². The number of nitrogens with two attached hydrogens (primary N) is 1. The van der Waals surface area contributed by atoms with Crippen LogP contribution in [-0.4, -0.2) is 53.5 Å². The van der Waals surface area contributed by atoms with Gasteiger partial charge in [0.2, 0.25) is 5.91 Å². The largest absolute Gasteiger partial charge is 0.341 e. The van der Waals surface area contributed by atoms with Crippen LogP contribution in [0.25, 0.3) is 0 Å².